The molecule has 0 spiro atoms. The van der Waals surface area contributed by atoms with Crippen LogP contribution in [0.2, 0.25) is 0 Å². The van der Waals surface area contributed by atoms with Crippen LogP contribution in [0.1, 0.15) is 28.8 Å². The summed E-state index contributed by atoms with van der Waals surface area (Å²) < 4.78 is 5.38. The van der Waals surface area contributed by atoms with E-state index in [1.54, 1.807) is 0 Å². The zero-order valence-corrected chi connectivity index (χ0v) is 8.46. The third-order valence-corrected chi connectivity index (χ3v) is 2.58. The van der Waals surface area contributed by atoms with Crippen molar-refractivity contribution in [3.8, 4) is 0 Å². The second kappa shape index (κ2) is 4.20. The number of carbonyl (C=O) groups excluding carboxylic acids is 1. The average Bonchev–Trinajstić information content (AvgIpc) is 2.83. The number of nitrogens with zero attached hydrogens (tertiary/aromatic N) is 1. The highest BCUT2D eigenvalue weighted by atomic mass is 16.5. The maximum atomic E-state index is 10.8. The summed E-state index contributed by atoms with van der Waals surface area (Å²) in [6.45, 7) is -0.242. The van der Waals surface area contributed by atoms with Gasteiger partial charge in [0, 0.05) is 6.42 Å². The fraction of sp³-hybridized carbons (Fsp3) is 0.556. The van der Waals surface area contributed by atoms with Crippen LogP contribution in [0, 0.1) is 0 Å². The average molecular weight is 227 g/mol. The normalized spacial score (nSPS) is 29.5. The van der Waals surface area contributed by atoms with E-state index in [1.165, 1.54) is 6.20 Å². The standard InChI is InChI=1S/C9H13N3O4/c10-8(15)9-11-2-4(12-9)6-1-5(14)7(3-13)16-6/h2,5-7,13-14H,1,3H2,(H2,10,15)(H,11,12)/t5-,6+,7+/m0/s1. The Balaban J connectivity index is 2.11. The molecule has 1 aliphatic rings. The number of H-pyrrole nitrogens is 1. The van der Waals surface area contributed by atoms with Crippen LogP contribution in [0.4, 0.5) is 0 Å². The summed E-state index contributed by atoms with van der Waals surface area (Å²) in [6, 6.07) is 0. The van der Waals surface area contributed by atoms with E-state index in [4.69, 9.17) is 15.6 Å². The summed E-state index contributed by atoms with van der Waals surface area (Å²) in [5.41, 5.74) is 5.62. The van der Waals surface area contributed by atoms with Crippen molar-refractivity contribution in [1.82, 2.24) is 9.97 Å². The molecule has 1 saturated heterocycles. The van der Waals surface area contributed by atoms with E-state index in [0.29, 0.717) is 12.1 Å². The van der Waals surface area contributed by atoms with E-state index in [-0.39, 0.29) is 12.4 Å². The molecule has 0 unspecified atom stereocenters. The topological polar surface area (TPSA) is 121 Å². The largest absolute Gasteiger partial charge is 0.394 e. The Labute approximate surface area is 91.2 Å². The zero-order valence-electron chi connectivity index (χ0n) is 8.46. The van der Waals surface area contributed by atoms with Crippen LogP contribution in [-0.2, 0) is 4.74 Å². The molecular weight excluding hydrogens is 214 g/mol. The van der Waals surface area contributed by atoms with Crippen LogP contribution in [-0.4, -0.2) is 44.9 Å². The number of hydrogen-bond donors (Lipinski definition) is 4. The van der Waals surface area contributed by atoms with Crippen molar-refractivity contribution in [3.05, 3.63) is 17.7 Å². The summed E-state index contributed by atoms with van der Waals surface area (Å²) in [7, 11) is 0. The van der Waals surface area contributed by atoms with Crippen LogP contribution in [0.25, 0.3) is 0 Å². The number of nitrogens with one attached hydrogen (secondary N) is 1. The van der Waals surface area contributed by atoms with Gasteiger partial charge in [-0.3, -0.25) is 4.79 Å². The minimum Gasteiger partial charge on any atom is -0.394 e. The highest BCUT2D eigenvalue weighted by molar-refractivity contribution is 5.88. The van der Waals surface area contributed by atoms with Crippen molar-refractivity contribution in [2.24, 2.45) is 5.73 Å². The maximum Gasteiger partial charge on any atom is 0.284 e. The summed E-state index contributed by atoms with van der Waals surface area (Å²) in [4.78, 5) is 17.3. The van der Waals surface area contributed by atoms with Crippen LogP contribution in [0.15, 0.2) is 6.20 Å². The van der Waals surface area contributed by atoms with Crippen LogP contribution < -0.4 is 5.73 Å². The zero-order chi connectivity index (χ0) is 11.7. The van der Waals surface area contributed by atoms with Gasteiger partial charge in [0.15, 0.2) is 5.82 Å². The predicted octanol–water partition coefficient (Wildman–Crippen LogP) is -1.31. The van der Waals surface area contributed by atoms with E-state index in [1.807, 2.05) is 0 Å². The fourth-order valence-corrected chi connectivity index (χ4v) is 1.72. The molecule has 7 nitrogen and oxygen atoms in total. The Morgan fingerprint density at radius 3 is 3.00 bits per heavy atom. The van der Waals surface area contributed by atoms with Crippen molar-refractivity contribution in [1.29, 1.82) is 0 Å². The number of hydrogen-bond acceptors (Lipinski definition) is 5. The number of rotatable bonds is 3. The first kappa shape index (κ1) is 11.1. The lowest BCUT2D eigenvalue weighted by Gasteiger charge is -2.10. The molecule has 0 saturated carbocycles. The van der Waals surface area contributed by atoms with Gasteiger partial charge in [-0.1, -0.05) is 0 Å². The van der Waals surface area contributed by atoms with Crippen molar-refractivity contribution >= 4 is 5.91 Å². The first-order valence-electron chi connectivity index (χ1n) is 4.91. The maximum absolute atomic E-state index is 10.8. The van der Waals surface area contributed by atoms with Gasteiger partial charge >= 0.3 is 0 Å². The second-order valence-corrected chi connectivity index (χ2v) is 3.70. The molecule has 0 radical (unpaired) electrons. The Morgan fingerprint density at radius 2 is 2.50 bits per heavy atom. The van der Waals surface area contributed by atoms with Gasteiger partial charge in [-0.2, -0.15) is 0 Å². The molecule has 5 N–H and O–H groups in total. The Morgan fingerprint density at radius 1 is 1.75 bits per heavy atom. The molecular formula is C9H13N3O4. The number of aliphatic hydroxyl groups excluding tert-OH is 2. The van der Waals surface area contributed by atoms with E-state index < -0.39 is 24.2 Å². The van der Waals surface area contributed by atoms with Gasteiger partial charge in [0.05, 0.1) is 24.6 Å². The van der Waals surface area contributed by atoms with Crippen LogP contribution >= 0.6 is 0 Å². The number of ether oxygens (including phenoxy) is 1. The first-order valence-corrected chi connectivity index (χ1v) is 4.91. The SMILES string of the molecule is NC(=O)c1ncc([C@H]2C[C@H](O)[C@@H](CO)O2)[nH]1. The molecule has 1 fully saturated rings. The van der Waals surface area contributed by atoms with E-state index in [9.17, 15) is 9.90 Å². The minimum absolute atomic E-state index is 0.0561. The summed E-state index contributed by atoms with van der Waals surface area (Å²) >= 11 is 0. The molecule has 16 heavy (non-hydrogen) atoms. The Bertz CT molecular complexity index is 392. The lowest BCUT2D eigenvalue weighted by atomic mass is 10.1. The van der Waals surface area contributed by atoms with Crippen molar-refractivity contribution in [3.63, 3.8) is 0 Å². The van der Waals surface area contributed by atoms with Gasteiger partial charge < -0.3 is 25.7 Å². The van der Waals surface area contributed by atoms with Crippen LogP contribution in [0.3, 0.4) is 0 Å². The third-order valence-electron chi connectivity index (χ3n) is 2.58. The molecule has 0 aliphatic carbocycles. The highest BCUT2D eigenvalue weighted by Gasteiger charge is 2.35. The second-order valence-electron chi connectivity index (χ2n) is 3.70. The summed E-state index contributed by atoms with van der Waals surface area (Å²) in [5, 5.41) is 18.4. The quantitative estimate of drug-likeness (QED) is 0.511. The minimum atomic E-state index is -0.713. The van der Waals surface area contributed by atoms with Gasteiger partial charge in [0.1, 0.15) is 12.2 Å². The van der Waals surface area contributed by atoms with Crippen LogP contribution in [0.5, 0.6) is 0 Å². The molecule has 1 aromatic heterocycles. The van der Waals surface area contributed by atoms with E-state index in [0.717, 1.165) is 0 Å². The first-order chi connectivity index (χ1) is 7.61. The number of amides is 1. The van der Waals surface area contributed by atoms with E-state index in [2.05, 4.69) is 9.97 Å². The number of nitrogens with two attached hydrogens (primary N) is 1. The van der Waals surface area contributed by atoms with Crippen molar-refractivity contribution < 1.29 is 19.7 Å². The van der Waals surface area contributed by atoms with Gasteiger partial charge in [-0.05, 0) is 0 Å². The van der Waals surface area contributed by atoms with Gasteiger partial charge in [-0.25, -0.2) is 4.98 Å². The number of aromatic amines is 1. The number of imidazole rings is 1. The monoisotopic (exact) mass is 227 g/mol. The third kappa shape index (κ3) is 1.92. The lowest BCUT2D eigenvalue weighted by Crippen LogP contribution is -2.24. The molecule has 1 aliphatic heterocycles. The number of aliphatic hydroxyl groups is 2. The van der Waals surface area contributed by atoms with Crippen molar-refractivity contribution in [2.45, 2.75) is 24.7 Å². The summed E-state index contributed by atoms with van der Waals surface area (Å²) in [6.07, 6.45) is 0.0940. The molecule has 1 aromatic rings. The van der Waals surface area contributed by atoms with Gasteiger partial charge in [0.2, 0.25) is 0 Å². The number of carbonyl (C=O) groups is 1. The number of primary amides is 1. The van der Waals surface area contributed by atoms with Crippen molar-refractivity contribution in [2.75, 3.05) is 6.61 Å². The van der Waals surface area contributed by atoms with E-state index >= 15 is 0 Å². The predicted molar refractivity (Wildman–Crippen MR) is 52.4 cm³/mol. The molecule has 7 heteroatoms. The Hall–Kier alpha value is -1.44. The smallest absolute Gasteiger partial charge is 0.284 e. The highest BCUT2D eigenvalue weighted by Crippen LogP contribution is 2.31. The van der Waals surface area contributed by atoms with Gasteiger partial charge in [0.25, 0.3) is 5.91 Å². The molecule has 0 aromatic carbocycles. The molecule has 2 heterocycles. The molecule has 3 atom stereocenters. The molecule has 1 amide bonds. The lowest BCUT2D eigenvalue weighted by molar-refractivity contribution is -0.0235. The summed E-state index contributed by atoms with van der Waals surface area (Å²) in [5.74, 6) is -0.593. The molecule has 0 bridgehead atoms. The Kier molecular flexibility index (Phi) is 2.90. The number of aromatic nitrogens is 2. The molecule has 2 rings (SSSR count). The van der Waals surface area contributed by atoms with Gasteiger partial charge in [-0.15, -0.1) is 0 Å². The molecule has 88 valence electrons. The fourth-order valence-electron chi connectivity index (χ4n) is 1.72.